The molecule has 0 fully saturated rings. The maximum Gasteiger partial charge on any atom is 0.234 e. The normalized spacial score (nSPS) is 10.6. The van der Waals surface area contributed by atoms with Gasteiger partial charge in [-0.2, -0.15) is 0 Å². The number of ether oxygens (including phenoxy) is 1. The van der Waals surface area contributed by atoms with Crippen molar-refractivity contribution in [2.45, 2.75) is 11.7 Å². The lowest BCUT2D eigenvalue weighted by Crippen LogP contribution is -2.15. The second-order valence-electron chi connectivity index (χ2n) is 7.90. The van der Waals surface area contributed by atoms with Crippen molar-refractivity contribution in [1.82, 2.24) is 14.8 Å². The molecule has 9 heteroatoms. The van der Waals surface area contributed by atoms with Crippen LogP contribution in [0, 0.1) is 0 Å². The maximum absolute atomic E-state index is 12.6. The van der Waals surface area contributed by atoms with Gasteiger partial charge in [-0.1, -0.05) is 42.1 Å². The number of anilines is 3. The van der Waals surface area contributed by atoms with Crippen LogP contribution in [0.4, 0.5) is 17.1 Å². The number of amides is 1. The van der Waals surface area contributed by atoms with Crippen molar-refractivity contribution >= 4 is 34.7 Å². The predicted molar refractivity (Wildman–Crippen MR) is 142 cm³/mol. The molecular formula is C26H28N6O2S. The average molecular weight is 489 g/mol. The first-order valence-corrected chi connectivity index (χ1v) is 12.1. The molecule has 0 aliphatic heterocycles. The van der Waals surface area contributed by atoms with E-state index in [0.717, 1.165) is 34.3 Å². The number of benzene rings is 3. The Morgan fingerprint density at radius 2 is 1.69 bits per heavy atom. The first-order chi connectivity index (χ1) is 17.0. The van der Waals surface area contributed by atoms with E-state index in [1.54, 1.807) is 7.11 Å². The van der Waals surface area contributed by atoms with Gasteiger partial charge in [0.1, 0.15) is 5.75 Å². The number of thioether (sulfide) groups is 1. The van der Waals surface area contributed by atoms with Gasteiger partial charge in [-0.3, -0.25) is 9.36 Å². The van der Waals surface area contributed by atoms with E-state index in [1.807, 2.05) is 102 Å². The Bertz CT molecular complexity index is 1260. The minimum absolute atomic E-state index is 0.107. The topological polar surface area (TPSA) is 84.3 Å². The van der Waals surface area contributed by atoms with Crippen molar-refractivity contribution in [1.29, 1.82) is 0 Å². The van der Waals surface area contributed by atoms with Gasteiger partial charge in [-0.15, -0.1) is 10.2 Å². The third-order valence-corrected chi connectivity index (χ3v) is 6.19. The van der Waals surface area contributed by atoms with Gasteiger partial charge in [0.25, 0.3) is 0 Å². The second kappa shape index (κ2) is 11.4. The Hall–Kier alpha value is -3.98. The van der Waals surface area contributed by atoms with Crippen LogP contribution in [0.15, 0.2) is 84.0 Å². The van der Waals surface area contributed by atoms with Gasteiger partial charge in [0.15, 0.2) is 11.0 Å². The number of carbonyl (C=O) groups excluding carboxylic acids is 1. The van der Waals surface area contributed by atoms with E-state index in [1.165, 1.54) is 11.8 Å². The van der Waals surface area contributed by atoms with Crippen molar-refractivity contribution in [2.24, 2.45) is 0 Å². The summed E-state index contributed by atoms with van der Waals surface area (Å²) in [6.45, 7) is 0.438. The molecule has 4 rings (SSSR count). The molecule has 1 heterocycles. The number of hydrogen-bond acceptors (Lipinski definition) is 7. The fraction of sp³-hybridized carbons (Fsp3) is 0.192. The van der Waals surface area contributed by atoms with Crippen molar-refractivity contribution in [3.05, 3.63) is 84.7 Å². The Labute approximate surface area is 209 Å². The van der Waals surface area contributed by atoms with E-state index < -0.39 is 0 Å². The number of nitrogens with zero attached hydrogens (tertiary/aromatic N) is 4. The molecule has 0 aliphatic rings. The highest BCUT2D eigenvalue weighted by Crippen LogP contribution is 2.26. The van der Waals surface area contributed by atoms with E-state index in [-0.39, 0.29) is 11.7 Å². The van der Waals surface area contributed by atoms with Crippen LogP contribution in [0.25, 0.3) is 5.69 Å². The SMILES string of the molecule is COc1ccccc1NCc1nnc(SCC(=O)Nc2ccc(N(C)C)cc2)n1-c1ccccc1. The molecule has 0 atom stereocenters. The summed E-state index contributed by atoms with van der Waals surface area (Å²) in [4.78, 5) is 14.6. The third kappa shape index (κ3) is 6.13. The average Bonchev–Trinajstić information content (AvgIpc) is 3.30. The molecule has 180 valence electrons. The molecule has 0 saturated carbocycles. The van der Waals surface area contributed by atoms with Gasteiger partial charge in [-0.25, -0.2) is 0 Å². The zero-order chi connectivity index (χ0) is 24.6. The zero-order valence-corrected chi connectivity index (χ0v) is 20.7. The highest BCUT2D eigenvalue weighted by Gasteiger charge is 2.16. The lowest BCUT2D eigenvalue weighted by molar-refractivity contribution is -0.113. The molecule has 0 aliphatic carbocycles. The number of carbonyl (C=O) groups is 1. The number of hydrogen-bond donors (Lipinski definition) is 2. The summed E-state index contributed by atoms with van der Waals surface area (Å²) in [5.74, 6) is 1.58. The molecule has 0 radical (unpaired) electrons. The lowest BCUT2D eigenvalue weighted by Gasteiger charge is -2.13. The van der Waals surface area contributed by atoms with Crippen LogP contribution in [0.1, 0.15) is 5.82 Å². The fourth-order valence-electron chi connectivity index (χ4n) is 3.48. The summed E-state index contributed by atoms with van der Waals surface area (Å²) in [6.07, 6.45) is 0. The van der Waals surface area contributed by atoms with Crippen LogP contribution in [0.3, 0.4) is 0 Å². The number of para-hydroxylation sites is 3. The van der Waals surface area contributed by atoms with E-state index >= 15 is 0 Å². The molecular weight excluding hydrogens is 460 g/mol. The minimum atomic E-state index is -0.107. The molecule has 2 N–H and O–H groups in total. The fourth-order valence-corrected chi connectivity index (χ4v) is 4.25. The Morgan fingerprint density at radius 1 is 0.971 bits per heavy atom. The minimum Gasteiger partial charge on any atom is -0.495 e. The monoisotopic (exact) mass is 488 g/mol. The van der Waals surface area contributed by atoms with Gasteiger partial charge in [-0.05, 0) is 48.5 Å². The quantitative estimate of drug-likeness (QED) is 0.314. The molecule has 8 nitrogen and oxygen atoms in total. The predicted octanol–water partition coefficient (Wildman–Crippen LogP) is 4.68. The molecule has 0 spiro atoms. The summed E-state index contributed by atoms with van der Waals surface area (Å²) in [5.41, 5.74) is 3.62. The van der Waals surface area contributed by atoms with E-state index in [0.29, 0.717) is 11.7 Å². The molecule has 0 unspecified atom stereocenters. The zero-order valence-electron chi connectivity index (χ0n) is 19.9. The van der Waals surface area contributed by atoms with Gasteiger partial charge in [0, 0.05) is 31.2 Å². The van der Waals surface area contributed by atoms with Crippen molar-refractivity contribution in [2.75, 3.05) is 42.5 Å². The summed E-state index contributed by atoms with van der Waals surface area (Å²) in [5, 5.41) is 15.7. The van der Waals surface area contributed by atoms with E-state index in [9.17, 15) is 4.79 Å². The maximum atomic E-state index is 12.6. The standard InChI is InChI=1S/C26H28N6O2S/c1-31(2)20-15-13-19(14-16-20)28-25(33)18-35-26-30-29-24(32(26)21-9-5-4-6-10-21)17-27-22-11-7-8-12-23(22)34-3/h4-16,27H,17-18H2,1-3H3,(H,28,33). The molecule has 0 bridgehead atoms. The van der Waals surface area contributed by atoms with Crippen LogP contribution in [-0.4, -0.2) is 47.6 Å². The largest absolute Gasteiger partial charge is 0.495 e. The van der Waals surface area contributed by atoms with Gasteiger partial charge < -0.3 is 20.3 Å². The summed E-state index contributed by atoms with van der Waals surface area (Å²) >= 11 is 1.34. The van der Waals surface area contributed by atoms with Crippen molar-refractivity contribution in [3.63, 3.8) is 0 Å². The number of methoxy groups -OCH3 is 1. The summed E-state index contributed by atoms with van der Waals surface area (Å²) in [6, 6.07) is 25.3. The summed E-state index contributed by atoms with van der Waals surface area (Å²) < 4.78 is 7.39. The number of aromatic nitrogens is 3. The van der Waals surface area contributed by atoms with Crippen molar-refractivity contribution in [3.8, 4) is 11.4 Å². The first kappa shape index (κ1) is 24.2. The highest BCUT2D eigenvalue weighted by molar-refractivity contribution is 7.99. The molecule has 35 heavy (non-hydrogen) atoms. The molecule has 1 amide bonds. The van der Waals surface area contributed by atoms with Crippen LogP contribution >= 0.6 is 11.8 Å². The Balaban J connectivity index is 1.47. The van der Waals surface area contributed by atoms with Crippen LogP contribution in [0.5, 0.6) is 5.75 Å². The Kier molecular flexibility index (Phi) is 7.89. The van der Waals surface area contributed by atoms with E-state index in [4.69, 9.17) is 4.74 Å². The number of rotatable bonds is 10. The van der Waals surface area contributed by atoms with Gasteiger partial charge in [0.2, 0.25) is 5.91 Å². The molecule has 4 aromatic rings. The summed E-state index contributed by atoms with van der Waals surface area (Å²) in [7, 11) is 5.60. The van der Waals surface area contributed by atoms with Crippen LogP contribution in [0.2, 0.25) is 0 Å². The molecule has 0 saturated heterocycles. The molecule has 3 aromatic carbocycles. The van der Waals surface area contributed by atoms with Crippen LogP contribution in [-0.2, 0) is 11.3 Å². The highest BCUT2D eigenvalue weighted by atomic mass is 32.2. The molecule has 1 aromatic heterocycles. The smallest absolute Gasteiger partial charge is 0.234 e. The lowest BCUT2D eigenvalue weighted by atomic mass is 10.2. The van der Waals surface area contributed by atoms with Crippen LogP contribution < -0.4 is 20.3 Å². The van der Waals surface area contributed by atoms with Crippen molar-refractivity contribution < 1.29 is 9.53 Å². The van der Waals surface area contributed by atoms with E-state index in [2.05, 4.69) is 20.8 Å². The second-order valence-corrected chi connectivity index (χ2v) is 8.84. The third-order valence-electron chi connectivity index (χ3n) is 5.26. The Morgan fingerprint density at radius 3 is 2.40 bits per heavy atom. The van der Waals surface area contributed by atoms with Gasteiger partial charge >= 0.3 is 0 Å². The number of nitrogens with one attached hydrogen (secondary N) is 2. The first-order valence-electron chi connectivity index (χ1n) is 11.1. The van der Waals surface area contributed by atoms with Gasteiger partial charge in [0.05, 0.1) is 25.1 Å².